The van der Waals surface area contributed by atoms with E-state index >= 15 is 0 Å². The van der Waals surface area contributed by atoms with Gasteiger partial charge in [-0.3, -0.25) is 0 Å². The monoisotopic (exact) mass is 314 g/mol. The first-order valence-corrected chi connectivity index (χ1v) is 9.43. The second kappa shape index (κ2) is 17.0. The Morgan fingerprint density at radius 2 is 1.41 bits per heavy atom. The van der Waals surface area contributed by atoms with E-state index in [-0.39, 0.29) is 12.2 Å². The topological polar surface area (TPSA) is 40.5 Å². The Bertz CT molecular complexity index is 226. The Kier molecular flexibility index (Phi) is 18.5. The van der Waals surface area contributed by atoms with Crippen LogP contribution in [0.5, 0.6) is 0 Å². The lowest BCUT2D eigenvalue weighted by molar-refractivity contribution is 0.0848. The minimum Gasteiger partial charge on any atom is -0.393 e. The van der Waals surface area contributed by atoms with E-state index in [0.29, 0.717) is 6.42 Å². The highest BCUT2D eigenvalue weighted by Crippen LogP contribution is 2.24. The first kappa shape index (κ1) is 23.9. The summed E-state index contributed by atoms with van der Waals surface area (Å²) in [5.74, 6) is 1.70. The Morgan fingerprint density at radius 3 is 1.77 bits per heavy atom. The first-order chi connectivity index (χ1) is 10.4. The van der Waals surface area contributed by atoms with E-state index in [2.05, 4.69) is 33.4 Å². The molecular weight excluding hydrogens is 272 g/mol. The second-order valence-electron chi connectivity index (χ2n) is 6.61. The van der Waals surface area contributed by atoms with Crippen molar-refractivity contribution in [2.75, 3.05) is 0 Å². The largest absolute Gasteiger partial charge is 0.393 e. The van der Waals surface area contributed by atoms with Gasteiger partial charge in [0.1, 0.15) is 0 Å². The lowest BCUT2D eigenvalue weighted by Gasteiger charge is -2.19. The van der Waals surface area contributed by atoms with E-state index in [1.165, 1.54) is 38.5 Å². The zero-order valence-corrected chi connectivity index (χ0v) is 15.9. The molecule has 0 bridgehead atoms. The summed E-state index contributed by atoms with van der Waals surface area (Å²) in [7, 11) is 0. The molecule has 22 heavy (non-hydrogen) atoms. The van der Waals surface area contributed by atoms with Gasteiger partial charge in [-0.2, -0.15) is 0 Å². The lowest BCUT2D eigenvalue weighted by atomic mass is 9.87. The molecule has 2 heteroatoms. The minimum atomic E-state index is -0.369. The summed E-state index contributed by atoms with van der Waals surface area (Å²) >= 11 is 0. The molecule has 4 atom stereocenters. The van der Waals surface area contributed by atoms with Gasteiger partial charge in [-0.05, 0) is 44.4 Å². The highest BCUT2D eigenvalue weighted by molar-refractivity contribution is 4.80. The molecule has 4 unspecified atom stereocenters. The third-order valence-corrected chi connectivity index (χ3v) is 4.14. The molecule has 0 fully saturated rings. The first-order valence-electron chi connectivity index (χ1n) is 9.43. The predicted octanol–water partition coefficient (Wildman–Crippen LogP) is 5.72. The van der Waals surface area contributed by atoms with Crippen LogP contribution in [0.4, 0.5) is 0 Å². The highest BCUT2D eigenvalue weighted by Gasteiger charge is 2.11. The molecule has 0 rings (SSSR count). The Hall–Kier alpha value is -0.340. The van der Waals surface area contributed by atoms with Crippen LogP contribution in [0.25, 0.3) is 0 Å². The van der Waals surface area contributed by atoms with Crippen molar-refractivity contribution in [3.63, 3.8) is 0 Å². The van der Waals surface area contributed by atoms with E-state index in [1.54, 1.807) is 6.92 Å². The zero-order chi connectivity index (χ0) is 17.4. The fourth-order valence-electron chi connectivity index (χ4n) is 2.87. The summed E-state index contributed by atoms with van der Waals surface area (Å²) in [6.45, 7) is 14.5. The van der Waals surface area contributed by atoms with Crippen molar-refractivity contribution in [2.24, 2.45) is 11.8 Å². The molecule has 2 N–H and O–H groups in total. The maximum absolute atomic E-state index is 9.06. The van der Waals surface area contributed by atoms with Crippen LogP contribution in [-0.4, -0.2) is 22.4 Å². The van der Waals surface area contributed by atoms with E-state index in [9.17, 15) is 0 Å². The third kappa shape index (κ3) is 16.0. The standard InChI is InChI=1S/C13H26.C7H16O2/c1-5-9-12(7-3)11-13(8-4)10-6-2;1-3-4-7(9)5-6(2)8/h7,12-13H,3,5-6,8-11H2,1-2,4H3;6-9H,3-5H2,1-2H3. The van der Waals surface area contributed by atoms with E-state index in [4.69, 9.17) is 10.2 Å². The number of hydrogen-bond acceptors (Lipinski definition) is 2. The van der Waals surface area contributed by atoms with Crippen LogP contribution < -0.4 is 0 Å². The molecule has 0 aromatic carbocycles. The quantitative estimate of drug-likeness (QED) is 0.452. The molecule has 134 valence electrons. The summed E-state index contributed by atoms with van der Waals surface area (Å²) in [4.78, 5) is 0. The molecule has 0 aliphatic rings. The smallest absolute Gasteiger partial charge is 0.0564 e. The maximum atomic E-state index is 9.06. The summed E-state index contributed by atoms with van der Waals surface area (Å²) in [6.07, 6.45) is 11.8. The predicted molar refractivity (Wildman–Crippen MR) is 99.1 cm³/mol. The van der Waals surface area contributed by atoms with Crippen LogP contribution in [0.2, 0.25) is 0 Å². The summed E-state index contributed by atoms with van der Waals surface area (Å²) in [5, 5.41) is 17.8. The van der Waals surface area contributed by atoms with Crippen molar-refractivity contribution in [3.8, 4) is 0 Å². The second-order valence-corrected chi connectivity index (χ2v) is 6.61. The average molecular weight is 315 g/mol. The van der Waals surface area contributed by atoms with Gasteiger partial charge in [0.2, 0.25) is 0 Å². The van der Waals surface area contributed by atoms with Gasteiger partial charge in [0.15, 0.2) is 0 Å². The van der Waals surface area contributed by atoms with Crippen molar-refractivity contribution >= 4 is 0 Å². The normalized spacial score (nSPS) is 16.1. The van der Waals surface area contributed by atoms with Crippen molar-refractivity contribution in [3.05, 3.63) is 12.7 Å². The van der Waals surface area contributed by atoms with Gasteiger partial charge in [0, 0.05) is 0 Å². The number of allylic oxidation sites excluding steroid dienone is 1. The molecule has 0 saturated carbocycles. The molecule has 0 spiro atoms. The Balaban J connectivity index is 0. The van der Waals surface area contributed by atoms with Crippen molar-refractivity contribution < 1.29 is 10.2 Å². The third-order valence-electron chi connectivity index (χ3n) is 4.14. The van der Waals surface area contributed by atoms with Crippen LogP contribution >= 0.6 is 0 Å². The highest BCUT2D eigenvalue weighted by atomic mass is 16.3. The van der Waals surface area contributed by atoms with Crippen LogP contribution in [0.15, 0.2) is 12.7 Å². The molecule has 0 amide bonds. The lowest BCUT2D eigenvalue weighted by Crippen LogP contribution is -2.13. The maximum Gasteiger partial charge on any atom is 0.0564 e. The van der Waals surface area contributed by atoms with Crippen molar-refractivity contribution in [1.82, 2.24) is 0 Å². The molecule has 0 aliphatic carbocycles. The molecule has 0 aliphatic heterocycles. The number of aliphatic hydroxyl groups is 2. The van der Waals surface area contributed by atoms with Crippen LogP contribution in [0.1, 0.15) is 92.4 Å². The molecule has 0 heterocycles. The number of aliphatic hydroxyl groups excluding tert-OH is 2. The van der Waals surface area contributed by atoms with Gasteiger partial charge in [-0.15, -0.1) is 6.58 Å². The van der Waals surface area contributed by atoms with E-state index in [1.807, 2.05) is 6.92 Å². The Labute approximate surface area is 140 Å². The van der Waals surface area contributed by atoms with Crippen molar-refractivity contribution in [1.29, 1.82) is 0 Å². The number of rotatable bonds is 12. The van der Waals surface area contributed by atoms with Crippen LogP contribution in [0.3, 0.4) is 0 Å². The SMILES string of the molecule is C=CC(CCC)CC(CC)CCC.CCCC(O)CC(C)O. The van der Waals surface area contributed by atoms with Gasteiger partial charge < -0.3 is 10.2 Å². The molecule has 0 saturated heterocycles. The minimum absolute atomic E-state index is 0.310. The molecular formula is C20H42O2. The molecule has 0 aromatic rings. The van der Waals surface area contributed by atoms with Crippen LogP contribution in [-0.2, 0) is 0 Å². The van der Waals surface area contributed by atoms with Gasteiger partial charge in [0.05, 0.1) is 12.2 Å². The fourth-order valence-corrected chi connectivity index (χ4v) is 2.87. The van der Waals surface area contributed by atoms with Gasteiger partial charge >= 0.3 is 0 Å². The van der Waals surface area contributed by atoms with Crippen LogP contribution in [0, 0.1) is 11.8 Å². The number of hydrogen-bond donors (Lipinski definition) is 2. The summed E-state index contributed by atoms with van der Waals surface area (Å²) in [6, 6.07) is 0. The van der Waals surface area contributed by atoms with E-state index in [0.717, 1.165) is 24.7 Å². The van der Waals surface area contributed by atoms with Gasteiger partial charge in [-0.25, -0.2) is 0 Å². The summed E-state index contributed by atoms with van der Waals surface area (Å²) in [5.41, 5.74) is 0. The molecule has 2 nitrogen and oxygen atoms in total. The van der Waals surface area contributed by atoms with Gasteiger partial charge in [-0.1, -0.05) is 65.9 Å². The fraction of sp³-hybridized carbons (Fsp3) is 0.900. The summed E-state index contributed by atoms with van der Waals surface area (Å²) < 4.78 is 0. The average Bonchev–Trinajstić information content (AvgIpc) is 2.46. The van der Waals surface area contributed by atoms with Gasteiger partial charge in [0.25, 0.3) is 0 Å². The Morgan fingerprint density at radius 1 is 0.864 bits per heavy atom. The zero-order valence-electron chi connectivity index (χ0n) is 15.9. The molecule has 0 radical (unpaired) electrons. The molecule has 0 aromatic heterocycles. The van der Waals surface area contributed by atoms with E-state index < -0.39 is 0 Å². The van der Waals surface area contributed by atoms with Crippen molar-refractivity contribution in [2.45, 2.75) is 105 Å².